The van der Waals surface area contributed by atoms with Gasteiger partial charge in [0.1, 0.15) is 0 Å². The molecule has 0 spiro atoms. The summed E-state index contributed by atoms with van der Waals surface area (Å²) < 4.78 is 11.1. The molecule has 0 aliphatic carbocycles. The summed E-state index contributed by atoms with van der Waals surface area (Å²) in [6.07, 6.45) is 4.53. The lowest BCUT2D eigenvalue weighted by Crippen LogP contribution is -2.46. The summed E-state index contributed by atoms with van der Waals surface area (Å²) in [5.74, 6) is -0.900. The molecule has 1 fully saturated rings. The molecule has 2 aliphatic rings. The van der Waals surface area contributed by atoms with Crippen LogP contribution in [0.5, 0.6) is 11.5 Å². The lowest BCUT2D eigenvalue weighted by atomic mass is 9.76. The number of carbonyl (C=O) groups excluding carboxylic acids is 1. The quantitative estimate of drug-likeness (QED) is 0.342. The van der Waals surface area contributed by atoms with Gasteiger partial charge >= 0.3 is 5.97 Å². The number of nitrogens with two attached hydrogens (primary N) is 1. The summed E-state index contributed by atoms with van der Waals surface area (Å²) in [6.45, 7) is 10.5. The van der Waals surface area contributed by atoms with Gasteiger partial charge in [0.15, 0.2) is 11.5 Å². The lowest BCUT2D eigenvalue weighted by Gasteiger charge is -2.35. The van der Waals surface area contributed by atoms with Crippen molar-refractivity contribution in [2.75, 3.05) is 39.5 Å². The number of likely N-dealkylation sites (tertiary alicyclic amines) is 1. The molecular formula is C28H45N3O6. The first kappa shape index (κ1) is 29.2. The number of benzene rings is 1. The topological polar surface area (TPSA) is 126 Å². The number of aliphatic hydroxyl groups excluding tert-OH is 1. The zero-order chi connectivity index (χ0) is 27.2. The molecule has 1 saturated heterocycles. The third-order valence-corrected chi connectivity index (χ3v) is 7.76. The molecule has 0 unspecified atom stereocenters. The monoisotopic (exact) mass is 519 g/mol. The second-order valence-electron chi connectivity index (χ2n) is 11.2. The fraction of sp³-hybridized carbons (Fsp3) is 0.714. The molecule has 1 aromatic rings. The minimum atomic E-state index is -0.870. The summed E-state index contributed by atoms with van der Waals surface area (Å²) in [5, 5.41) is 20.4. The Morgan fingerprint density at radius 1 is 1.19 bits per heavy atom. The van der Waals surface area contributed by atoms with Gasteiger partial charge in [-0.1, -0.05) is 40.5 Å². The van der Waals surface area contributed by atoms with Crippen molar-refractivity contribution in [3.05, 3.63) is 23.3 Å². The fourth-order valence-corrected chi connectivity index (χ4v) is 6.01. The van der Waals surface area contributed by atoms with Crippen molar-refractivity contribution >= 4 is 11.9 Å². The number of aliphatic carboxylic acids is 1. The largest absolute Gasteiger partial charge is 0.481 e. The van der Waals surface area contributed by atoms with Gasteiger partial charge in [-0.3, -0.25) is 14.5 Å². The van der Waals surface area contributed by atoms with E-state index < -0.39 is 11.9 Å². The standard InChI is InChI=1S/C28H45N3O6/c1-5-7-10-30(11-9-29)24(33)16-31-15-21(19-12-20(17-32)26-23(13-19)36-18-37-26)25(27(34)35)22(31)14-28(3,4)8-6-2/h12-13,21-22,25,32H,5-11,14-18,29H2,1-4H3,(H,34,35)/t21-,22+,25-/m1/s1. The number of hydrogen-bond acceptors (Lipinski definition) is 7. The second kappa shape index (κ2) is 12.9. The van der Waals surface area contributed by atoms with Crippen LogP contribution in [0.15, 0.2) is 12.1 Å². The number of carbonyl (C=O) groups is 2. The minimum absolute atomic E-state index is 0.0104. The molecule has 9 heteroatoms. The van der Waals surface area contributed by atoms with Gasteiger partial charge < -0.3 is 30.3 Å². The second-order valence-corrected chi connectivity index (χ2v) is 11.2. The predicted molar refractivity (Wildman–Crippen MR) is 142 cm³/mol. The van der Waals surface area contributed by atoms with Gasteiger partial charge in [0.05, 0.1) is 19.1 Å². The van der Waals surface area contributed by atoms with E-state index >= 15 is 0 Å². The molecule has 0 saturated carbocycles. The average molecular weight is 520 g/mol. The van der Waals surface area contributed by atoms with Crippen LogP contribution in [0.3, 0.4) is 0 Å². The van der Waals surface area contributed by atoms with Crippen LogP contribution < -0.4 is 15.2 Å². The molecule has 3 atom stereocenters. The number of rotatable bonds is 14. The first-order chi connectivity index (χ1) is 17.6. The van der Waals surface area contributed by atoms with Gasteiger partial charge in [-0.15, -0.1) is 0 Å². The van der Waals surface area contributed by atoms with Crippen molar-refractivity contribution in [2.24, 2.45) is 17.1 Å². The van der Waals surface area contributed by atoms with Gasteiger partial charge in [0.2, 0.25) is 12.7 Å². The van der Waals surface area contributed by atoms with Crippen LogP contribution in [0.1, 0.15) is 76.8 Å². The molecule has 0 bridgehead atoms. The zero-order valence-corrected chi connectivity index (χ0v) is 22.9. The number of aliphatic hydroxyl groups is 1. The molecule has 37 heavy (non-hydrogen) atoms. The fourth-order valence-electron chi connectivity index (χ4n) is 6.01. The highest BCUT2D eigenvalue weighted by Gasteiger charge is 2.49. The lowest BCUT2D eigenvalue weighted by molar-refractivity contribution is -0.144. The van der Waals surface area contributed by atoms with Gasteiger partial charge in [-0.05, 0) is 42.4 Å². The number of carboxylic acid groups (broad SMARTS) is 1. The van der Waals surface area contributed by atoms with Crippen LogP contribution in [0.4, 0.5) is 0 Å². The number of amides is 1. The Bertz CT molecular complexity index is 937. The van der Waals surface area contributed by atoms with Crippen molar-refractivity contribution in [2.45, 2.75) is 78.4 Å². The van der Waals surface area contributed by atoms with Crippen LogP contribution in [0.2, 0.25) is 0 Å². The van der Waals surface area contributed by atoms with Crippen molar-refractivity contribution in [1.29, 1.82) is 0 Å². The normalized spacial score (nSPS) is 21.4. The molecule has 1 amide bonds. The van der Waals surface area contributed by atoms with E-state index in [1.165, 1.54) is 0 Å². The number of fused-ring (bicyclic) bond motifs is 1. The van der Waals surface area contributed by atoms with E-state index in [-0.39, 0.29) is 43.2 Å². The van der Waals surface area contributed by atoms with Crippen molar-refractivity contribution in [1.82, 2.24) is 9.80 Å². The number of hydrogen-bond donors (Lipinski definition) is 3. The molecule has 0 aromatic heterocycles. The summed E-state index contributed by atoms with van der Waals surface area (Å²) in [5.41, 5.74) is 7.09. The molecule has 3 rings (SSSR count). The van der Waals surface area contributed by atoms with Crippen LogP contribution in [-0.2, 0) is 16.2 Å². The molecule has 2 heterocycles. The Kier molecular flexibility index (Phi) is 10.2. The highest BCUT2D eigenvalue weighted by Crippen LogP contribution is 2.46. The van der Waals surface area contributed by atoms with Gasteiger partial charge in [0, 0.05) is 43.7 Å². The van der Waals surface area contributed by atoms with E-state index in [0.717, 1.165) is 31.2 Å². The highest BCUT2D eigenvalue weighted by molar-refractivity contribution is 5.79. The van der Waals surface area contributed by atoms with E-state index in [1.807, 2.05) is 17.0 Å². The van der Waals surface area contributed by atoms with E-state index in [9.17, 15) is 19.8 Å². The van der Waals surface area contributed by atoms with Gasteiger partial charge in [-0.25, -0.2) is 0 Å². The highest BCUT2D eigenvalue weighted by atomic mass is 16.7. The maximum Gasteiger partial charge on any atom is 0.308 e. The third kappa shape index (κ3) is 6.94. The van der Waals surface area contributed by atoms with Crippen molar-refractivity contribution in [3.8, 4) is 11.5 Å². The molecule has 0 radical (unpaired) electrons. The molecule has 1 aromatic carbocycles. The number of ether oxygens (including phenoxy) is 2. The minimum Gasteiger partial charge on any atom is -0.481 e. The first-order valence-electron chi connectivity index (χ1n) is 13.6. The maximum absolute atomic E-state index is 13.4. The van der Waals surface area contributed by atoms with Gasteiger partial charge in [0.25, 0.3) is 0 Å². The SMILES string of the molecule is CCCCN(CCN)C(=O)CN1C[C@H](c2cc(CO)c3c(c2)OCO3)[C@@H](C(=O)O)[C@@H]1CC(C)(C)CCC. The predicted octanol–water partition coefficient (Wildman–Crippen LogP) is 3.18. The van der Waals surface area contributed by atoms with Crippen LogP contribution in [-0.4, -0.2) is 77.4 Å². The first-order valence-corrected chi connectivity index (χ1v) is 13.6. The Morgan fingerprint density at radius 3 is 2.57 bits per heavy atom. The summed E-state index contributed by atoms with van der Waals surface area (Å²) in [6, 6.07) is 3.36. The summed E-state index contributed by atoms with van der Waals surface area (Å²) in [4.78, 5) is 30.1. The van der Waals surface area contributed by atoms with Crippen LogP contribution in [0, 0.1) is 11.3 Å². The molecule has 208 valence electrons. The third-order valence-electron chi connectivity index (χ3n) is 7.76. The number of carboxylic acids is 1. The van der Waals surface area contributed by atoms with E-state index in [2.05, 4.69) is 32.6 Å². The van der Waals surface area contributed by atoms with Crippen LogP contribution >= 0.6 is 0 Å². The summed E-state index contributed by atoms with van der Waals surface area (Å²) in [7, 11) is 0. The Balaban J connectivity index is 1.97. The van der Waals surface area contributed by atoms with E-state index in [4.69, 9.17) is 15.2 Å². The average Bonchev–Trinajstić information content (AvgIpc) is 3.45. The van der Waals surface area contributed by atoms with E-state index in [1.54, 1.807) is 0 Å². The van der Waals surface area contributed by atoms with E-state index in [0.29, 0.717) is 49.7 Å². The Hall–Kier alpha value is -2.36. The molecule has 9 nitrogen and oxygen atoms in total. The Morgan fingerprint density at radius 2 is 1.95 bits per heavy atom. The summed E-state index contributed by atoms with van der Waals surface area (Å²) >= 11 is 0. The molecular weight excluding hydrogens is 474 g/mol. The van der Waals surface area contributed by atoms with Crippen molar-refractivity contribution < 1.29 is 29.3 Å². The molecule has 2 aliphatic heterocycles. The van der Waals surface area contributed by atoms with Crippen molar-refractivity contribution in [3.63, 3.8) is 0 Å². The Labute approximate surface area is 220 Å². The molecule has 4 N–H and O–H groups in total. The number of nitrogens with zero attached hydrogens (tertiary/aromatic N) is 2. The van der Waals surface area contributed by atoms with Gasteiger partial charge in [-0.2, -0.15) is 0 Å². The number of unbranched alkanes of at least 4 members (excludes halogenated alkanes) is 1. The smallest absolute Gasteiger partial charge is 0.308 e. The zero-order valence-electron chi connectivity index (χ0n) is 22.9. The van der Waals surface area contributed by atoms with Crippen LogP contribution in [0.25, 0.3) is 0 Å². The maximum atomic E-state index is 13.4.